The molecule has 1 spiro atoms. The topological polar surface area (TPSA) is 74.7 Å². The van der Waals surface area contributed by atoms with Crippen molar-refractivity contribution in [1.29, 1.82) is 0 Å². The molecule has 30 heavy (non-hydrogen) atoms. The number of benzene rings is 1. The summed E-state index contributed by atoms with van der Waals surface area (Å²) in [6.07, 6.45) is 3.57. The number of nitrogens with zero attached hydrogens (tertiary/aromatic N) is 2. The van der Waals surface area contributed by atoms with Gasteiger partial charge in [-0.3, -0.25) is 14.7 Å². The zero-order valence-electron chi connectivity index (χ0n) is 17.9. The van der Waals surface area contributed by atoms with Gasteiger partial charge in [0.15, 0.2) is 0 Å². The van der Waals surface area contributed by atoms with Gasteiger partial charge >= 0.3 is 0 Å². The Kier molecular flexibility index (Phi) is 6.06. The molecule has 6 nitrogen and oxygen atoms in total. The summed E-state index contributed by atoms with van der Waals surface area (Å²) in [5, 5.41) is 13.1. The van der Waals surface area contributed by atoms with Gasteiger partial charge in [0.25, 0.3) is 0 Å². The number of ether oxygens (including phenoxy) is 1. The summed E-state index contributed by atoms with van der Waals surface area (Å²) in [5.74, 6) is 1.02. The molecule has 4 rings (SSSR count). The number of amides is 1. The molecular weight excluding hydrogens is 378 g/mol. The van der Waals surface area contributed by atoms with E-state index >= 15 is 0 Å². The number of aromatic nitrogens is 1. The number of carbonyl (C=O) groups is 1. The van der Waals surface area contributed by atoms with Crippen LogP contribution in [-0.4, -0.2) is 46.6 Å². The number of hydrogen-bond donors (Lipinski definition) is 2. The highest BCUT2D eigenvalue weighted by Crippen LogP contribution is 2.41. The summed E-state index contributed by atoms with van der Waals surface area (Å²) < 4.78 is 5.33. The standard InChI is InChI=1S/C24H31N3O3/c1-17-6-5-7-21(25-17)20-14-27(16-24(20)11-4-3-8-23(29)26-24)13-18-9-10-22(30-2)19(12-18)15-28/h5-7,9-10,12,20,28H,3-4,8,11,13-16H2,1-2H3,(H,26,29)/t20-,24+/m0/s1. The first kappa shape index (κ1) is 20.8. The van der Waals surface area contributed by atoms with Gasteiger partial charge in [0.2, 0.25) is 5.91 Å². The minimum absolute atomic E-state index is 0.0488. The van der Waals surface area contributed by atoms with Crippen LogP contribution in [0.1, 0.15) is 54.1 Å². The molecule has 1 amide bonds. The Morgan fingerprint density at radius 3 is 2.93 bits per heavy atom. The van der Waals surface area contributed by atoms with Crippen molar-refractivity contribution >= 4 is 5.91 Å². The molecule has 2 aromatic rings. The average Bonchev–Trinajstić information content (AvgIpc) is 2.96. The Morgan fingerprint density at radius 2 is 2.17 bits per heavy atom. The van der Waals surface area contributed by atoms with Crippen LogP contribution in [-0.2, 0) is 17.9 Å². The number of likely N-dealkylation sites (tertiary alicyclic amines) is 1. The van der Waals surface area contributed by atoms with Crippen LogP contribution in [0.25, 0.3) is 0 Å². The first-order valence-electron chi connectivity index (χ1n) is 10.8. The van der Waals surface area contributed by atoms with E-state index in [-0.39, 0.29) is 24.0 Å². The van der Waals surface area contributed by atoms with Crippen molar-refractivity contribution in [1.82, 2.24) is 15.2 Å². The maximum atomic E-state index is 12.5. The fourth-order valence-electron chi connectivity index (χ4n) is 5.08. The molecule has 0 radical (unpaired) electrons. The molecule has 2 aliphatic heterocycles. The minimum Gasteiger partial charge on any atom is -0.496 e. The highest BCUT2D eigenvalue weighted by Gasteiger charge is 2.49. The SMILES string of the molecule is COc1ccc(CN2C[C@@H](c3cccc(C)n3)[C@@]3(CCCCC(=O)N3)C2)cc1CO. The lowest BCUT2D eigenvalue weighted by Crippen LogP contribution is -2.52. The van der Waals surface area contributed by atoms with Crippen LogP contribution in [0.3, 0.4) is 0 Å². The maximum Gasteiger partial charge on any atom is 0.220 e. The zero-order valence-corrected chi connectivity index (χ0v) is 17.9. The van der Waals surface area contributed by atoms with Crippen molar-refractivity contribution in [2.45, 2.75) is 57.2 Å². The quantitative estimate of drug-likeness (QED) is 0.794. The van der Waals surface area contributed by atoms with Gasteiger partial charge in [-0.15, -0.1) is 0 Å². The van der Waals surface area contributed by atoms with E-state index in [0.29, 0.717) is 12.2 Å². The molecule has 6 heteroatoms. The number of hydrogen-bond acceptors (Lipinski definition) is 5. The molecule has 1 aromatic carbocycles. The summed E-state index contributed by atoms with van der Waals surface area (Å²) in [7, 11) is 1.62. The summed E-state index contributed by atoms with van der Waals surface area (Å²) in [4.78, 5) is 19.7. The lowest BCUT2D eigenvalue weighted by Gasteiger charge is -2.34. The molecule has 3 heterocycles. The summed E-state index contributed by atoms with van der Waals surface area (Å²) >= 11 is 0. The molecule has 2 atom stereocenters. The Bertz CT molecular complexity index is 916. The molecule has 2 saturated heterocycles. The predicted octanol–water partition coefficient (Wildman–Crippen LogP) is 2.92. The van der Waals surface area contributed by atoms with Gasteiger partial charge in [-0.25, -0.2) is 0 Å². The molecule has 2 fully saturated rings. The average molecular weight is 410 g/mol. The fourth-order valence-corrected chi connectivity index (χ4v) is 5.08. The van der Waals surface area contributed by atoms with Crippen molar-refractivity contribution in [3.05, 3.63) is 58.9 Å². The summed E-state index contributed by atoms with van der Waals surface area (Å²) in [5.41, 5.74) is 3.71. The Morgan fingerprint density at radius 1 is 1.30 bits per heavy atom. The summed E-state index contributed by atoms with van der Waals surface area (Å²) in [6, 6.07) is 12.1. The highest BCUT2D eigenvalue weighted by molar-refractivity contribution is 5.77. The molecule has 0 bridgehead atoms. The number of rotatable bonds is 5. The van der Waals surface area contributed by atoms with Gasteiger partial charge < -0.3 is 15.2 Å². The minimum atomic E-state index is -0.277. The normalized spacial score (nSPS) is 24.6. The summed E-state index contributed by atoms with van der Waals surface area (Å²) in [6.45, 7) is 4.38. The van der Waals surface area contributed by atoms with Crippen molar-refractivity contribution in [3.8, 4) is 5.75 Å². The number of nitrogens with one attached hydrogen (secondary N) is 1. The van der Waals surface area contributed by atoms with Gasteiger partial charge in [-0.2, -0.15) is 0 Å². The molecule has 2 aliphatic rings. The highest BCUT2D eigenvalue weighted by atomic mass is 16.5. The van der Waals surface area contributed by atoms with Crippen LogP contribution in [0, 0.1) is 6.92 Å². The molecule has 2 N–H and O–H groups in total. The van der Waals surface area contributed by atoms with E-state index in [4.69, 9.17) is 9.72 Å². The number of aryl methyl sites for hydroxylation is 1. The third kappa shape index (κ3) is 4.20. The van der Waals surface area contributed by atoms with Crippen LogP contribution in [0.2, 0.25) is 0 Å². The number of methoxy groups -OCH3 is 1. The zero-order chi connectivity index (χ0) is 21.1. The van der Waals surface area contributed by atoms with Crippen LogP contribution < -0.4 is 10.1 Å². The van der Waals surface area contributed by atoms with Gasteiger partial charge in [-0.1, -0.05) is 18.6 Å². The largest absolute Gasteiger partial charge is 0.496 e. The maximum absolute atomic E-state index is 12.5. The van der Waals surface area contributed by atoms with E-state index in [0.717, 1.165) is 61.4 Å². The monoisotopic (exact) mass is 409 g/mol. The van der Waals surface area contributed by atoms with E-state index in [9.17, 15) is 9.90 Å². The molecule has 0 unspecified atom stereocenters. The number of carbonyl (C=O) groups excluding carboxylic acids is 1. The first-order valence-corrected chi connectivity index (χ1v) is 10.8. The molecule has 160 valence electrons. The molecule has 0 aliphatic carbocycles. The van der Waals surface area contributed by atoms with Crippen molar-refractivity contribution in [2.24, 2.45) is 0 Å². The van der Waals surface area contributed by atoms with Crippen molar-refractivity contribution in [2.75, 3.05) is 20.2 Å². The molecule has 0 saturated carbocycles. The van der Waals surface area contributed by atoms with E-state index in [2.05, 4.69) is 28.4 Å². The third-order valence-corrected chi connectivity index (χ3v) is 6.47. The number of aliphatic hydroxyl groups excluding tert-OH is 1. The lowest BCUT2D eigenvalue weighted by atomic mass is 9.81. The van der Waals surface area contributed by atoms with Gasteiger partial charge in [-0.05, 0) is 49.6 Å². The van der Waals surface area contributed by atoms with E-state index in [1.165, 1.54) is 0 Å². The van der Waals surface area contributed by atoms with E-state index in [1.54, 1.807) is 7.11 Å². The first-order chi connectivity index (χ1) is 14.5. The second-order valence-electron chi connectivity index (χ2n) is 8.64. The second-order valence-corrected chi connectivity index (χ2v) is 8.64. The van der Waals surface area contributed by atoms with Crippen molar-refractivity contribution in [3.63, 3.8) is 0 Å². The fraction of sp³-hybridized carbons (Fsp3) is 0.500. The van der Waals surface area contributed by atoms with Crippen LogP contribution in [0.4, 0.5) is 0 Å². The number of aliphatic hydroxyl groups is 1. The van der Waals surface area contributed by atoms with Crippen LogP contribution in [0.15, 0.2) is 36.4 Å². The van der Waals surface area contributed by atoms with Gasteiger partial charge in [0.05, 0.1) is 19.3 Å². The van der Waals surface area contributed by atoms with Crippen LogP contribution in [0.5, 0.6) is 5.75 Å². The van der Waals surface area contributed by atoms with E-state index in [1.807, 2.05) is 25.1 Å². The van der Waals surface area contributed by atoms with Crippen molar-refractivity contribution < 1.29 is 14.6 Å². The smallest absolute Gasteiger partial charge is 0.220 e. The van der Waals surface area contributed by atoms with E-state index < -0.39 is 0 Å². The Hall–Kier alpha value is -2.44. The van der Waals surface area contributed by atoms with Gasteiger partial charge in [0, 0.05) is 48.9 Å². The number of pyridine rings is 1. The Balaban J connectivity index is 1.62. The molecule has 1 aromatic heterocycles. The second kappa shape index (κ2) is 8.74. The van der Waals surface area contributed by atoms with Crippen LogP contribution >= 0.6 is 0 Å². The molecular formula is C24H31N3O3. The Labute approximate surface area is 178 Å². The lowest BCUT2D eigenvalue weighted by molar-refractivity contribution is -0.122. The third-order valence-electron chi connectivity index (χ3n) is 6.47. The van der Waals surface area contributed by atoms with Gasteiger partial charge in [0.1, 0.15) is 5.75 Å². The predicted molar refractivity (Wildman–Crippen MR) is 115 cm³/mol.